The molecule has 2 amide bonds. The predicted molar refractivity (Wildman–Crippen MR) is 132 cm³/mol. The molecule has 4 N–H and O–H groups in total. The summed E-state index contributed by atoms with van der Waals surface area (Å²) in [6, 6.07) is 1.19. The number of nitrogens with one attached hydrogen (secondary N) is 3. The normalized spacial score (nSPS) is 18.3. The van der Waals surface area contributed by atoms with Crippen LogP contribution in [0.25, 0.3) is 0 Å². The molecule has 2 saturated carbocycles. The number of carbonyl (C=O) groups is 1. The van der Waals surface area contributed by atoms with Gasteiger partial charge in [0, 0.05) is 18.0 Å². The highest BCUT2D eigenvalue weighted by atomic mass is 32.2. The van der Waals surface area contributed by atoms with Crippen LogP contribution in [-0.4, -0.2) is 20.3 Å². The summed E-state index contributed by atoms with van der Waals surface area (Å²) in [7, 11) is -3.81. The topological polar surface area (TPSA) is 139 Å². The number of nitrogens with zero attached hydrogens (tertiary/aromatic N) is 2. The molecule has 0 aromatic carbocycles. The Hall–Kier alpha value is -2.48. The lowest BCUT2D eigenvalue weighted by atomic mass is 9.79. The van der Waals surface area contributed by atoms with Gasteiger partial charge < -0.3 is 10.4 Å². The maximum Gasteiger partial charge on any atom is 0.331 e. The van der Waals surface area contributed by atoms with E-state index in [1.165, 1.54) is 32.1 Å². The number of rotatable bonds is 8. The standard InChI is InChI=1S/C24H31N5O3S2/c1-24(2,31)20-14-33-22(19(20)11-25)34(26,32)29-23(30)28-21-17(9-15-5-3-6-15)12-27-13-18(21)10-16-7-4-8-16/h12-16,31H,3-10H2,1-2H3,(H3,26,27,28,29,30,32). The average Bonchev–Trinajstić information content (AvgIpc) is 3.14. The molecule has 182 valence electrons. The van der Waals surface area contributed by atoms with Crippen molar-refractivity contribution in [3.63, 3.8) is 0 Å². The summed E-state index contributed by atoms with van der Waals surface area (Å²) in [6.45, 7) is 3.03. The molecule has 0 saturated heterocycles. The molecule has 2 aliphatic rings. The van der Waals surface area contributed by atoms with E-state index in [0.29, 0.717) is 17.5 Å². The fourth-order valence-electron chi connectivity index (χ4n) is 4.46. The zero-order chi connectivity index (χ0) is 24.5. The molecule has 2 aromatic heterocycles. The second-order valence-electron chi connectivity index (χ2n) is 9.93. The van der Waals surface area contributed by atoms with Crippen LogP contribution in [0.3, 0.4) is 0 Å². The third-order valence-corrected chi connectivity index (χ3v) is 9.80. The van der Waals surface area contributed by atoms with Crippen molar-refractivity contribution in [2.24, 2.45) is 11.8 Å². The molecule has 8 nitrogen and oxygen atoms in total. The predicted octanol–water partition coefficient (Wildman–Crippen LogP) is 5.07. The third-order valence-electron chi connectivity index (χ3n) is 6.83. The summed E-state index contributed by atoms with van der Waals surface area (Å²) >= 11 is 0.929. The quantitative estimate of drug-likeness (QED) is 0.400. The van der Waals surface area contributed by atoms with E-state index in [-0.39, 0.29) is 15.3 Å². The highest BCUT2D eigenvalue weighted by Gasteiger charge is 2.30. The lowest BCUT2D eigenvalue weighted by molar-refractivity contribution is 0.0786. The van der Waals surface area contributed by atoms with Crippen LogP contribution in [0.2, 0.25) is 0 Å². The molecule has 0 radical (unpaired) electrons. The number of hydrogen-bond acceptors (Lipinski definition) is 7. The molecular formula is C24H31N5O3S2. The Morgan fingerprint density at radius 3 is 2.24 bits per heavy atom. The highest BCUT2D eigenvalue weighted by molar-refractivity contribution is 7.93. The van der Waals surface area contributed by atoms with Crippen LogP contribution in [0.4, 0.5) is 10.5 Å². The van der Waals surface area contributed by atoms with Crippen molar-refractivity contribution in [1.82, 2.24) is 9.71 Å². The minimum absolute atomic E-state index is 0.0296. The summed E-state index contributed by atoms with van der Waals surface area (Å²) in [5.74, 6) is 1.16. The van der Waals surface area contributed by atoms with E-state index in [1.807, 2.05) is 6.07 Å². The Bertz CT molecular complexity index is 1180. The second-order valence-corrected chi connectivity index (χ2v) is 12.8. The number of thiophene rings is 1. The molecule has 34 heavy (non-hydrogen) atoms. The fourth-order valence-corrected chi connectivity index (χ4v) is 7.03. The number of amides is 2. The van der Waals surface area contributed by atoms with Crippen LogP contribution >= 0.6 is 11.3 Å². The number of urea groups is 1. The minimum Gasteiger partial charge on any atom is -0.386 e. The Balaban J connectivity index is 1.57. The van der Waals surface area contributed by atoms with Crippen molar-refractivity contribution in [2.45, 2.75) is 75.0 Å². The molecule has 4 rings (SSSR count). The van der Waals surface area contributed by atoms with Crippen molar-refractivity contribution in [2.75, 3.05) is 5.32 Å². The van der Waals surface area contributed by atoms with Gasteiger partial charge in [0.1, 0.15) is 10.3 Å². The van der Waals surface area contributed by atoms with Crippen molar-refractivity contribution in [3.8, 4) is 6.07 Å². The summed E-state index contributed by atoms with van der Waals surface area (Å²) in [5, 5.41) is 24.3. The zero-order valence-corrected chi connectivity index (χ0v) is 21.2. The SMILES string of the molecule is CC(C)(O)c1csc(S(=N)(=O)NC(=O)Nc2c(CC3CCC3)cncc2CC2CCC2)c1C#N. The van der Waals surface area contributed by atoms with Crippen LogP contribution in [0.15, 0.2) is 22.0 Å². The van der Waals surface area contributed by atoms with Crippen molar-refractivity contribution in [3.05, 3.63) is 40.0 Å². The van der Waals surface area contributed by atoms with Crippen LogP contribution < -0.4 is 10.0 Å². The molecule has 1 unspecified atom stereocenters. The van der Waals surface area contributed by atoms with E-state index in [9.17, 15) is 19.4 Å². The summed E-state index contributed by atoms with van der Waals surface area (Å²) in [5.41, 5.74) is 1.56. The zero-order valence-electron chi connectivity index (χ0n) is 19.5. The lowest BCUT2D eigenvalue weighted by Gasteiger charge is -2.29. The van der Waals surface area contributed by atoms with Gasteiger partial charge in [0.2, 0.25) is 0 Å². The Kier molecular flexibility index (Phi) is 6.99. The molecule has 0 bridgehead atoms. The molecule has 2 aromatic rings. The van der Waals surface area contributed by atoms with Gasteiger partial charge in [-0.3, -0.25) is 4.98 Å². The van der Waals surface area contributed by atoms with E-state index in [4.69, 9.17) is 4.78 Å². The first-order chi connectivity index (χ1) is 16.1. The van der Waals surface area contributed by atoms with Gasteiger partial charge in [-0.05, 0) is 55.0 Å². The number of pyridine rings is 1. The molecule has 0 aliphatic heterocycles. The van der Waals surface area contributed by atoms with Gasteiger partial charge in [0.15, 0.2) is 9.92 Å². The Labute approximate surface area is 204 Å². The van der Waals surface area contributed by atoms with E-state index in [2.05, 4.69) is 15.0 Å². The fraction of sp³-hybridized carbons (Fsp3) is 0.542. The van der Waals surface area contributed by atoms with Crippen molar-refractivity contribution >= 4 is 33.0 Å². The van der Waals surface area contributed by atoms with Crippen LogP contribution in [0.1, 0.15) is 74.6 Å². The van der Waals surface area contributed by atoms with Gasteiger partial charge in [-0.25, -0.2) is 18.5 Å². The monoisotopic (exact) mass is 501 g/mol. The largest absolute Gasteiger partial charge is 0.386 e. The molecule has 1 atom stereocenters. The van der Waals surface area contributed by atoms with Gasteiger partial charge in [-0.1, -0.05) is 38.5 Å². The van der Waals surface area contributed by atoms with E-state index < -0.39 is 21.5 Å². The first-order valence-electron chi connectivity index (χ1n) is 11.7. The van der Waals surface area contributed by atoms with Gasteiger partial charge in [-0.2, -0.15) is 5.26 Å². The number of anilines is 1. The van der Waals surface area contributed by atoms with Gasteiger partial charge in [0.25, 0.3) is 0 Å². The van der Waals surface area contributed by atoms with Crippen LogP contribution in [-0.2, 0) is 28.4 Å². The average molecular weight is 502 g/mol. The Morgan fingerprint density at radius 1 is 1.24 bits per heavy atom. The molecule has 2 fully saturated rings. The molecular weight excluding hydrogens is 470 g/mol. The van der Waals surface area contributed by atoms with Gasteiger partial charge in [0.05, 0.1) is 16.9 Å². The smallest absolute Gasteiger partial charge is 0.331 e. The first-order valence-corrected chi connectivity index (χ1v) is 14.1. The summed E-state index contributed by atoms with van der Waals surface area (Å²) in [6.07, 6.45) is 12.3. The first kappa shape index (κ1) is 24.6. The second kappa shape index (κ2) is 9.64. The molecule has 2 aliphatic carbocycles. The summed E-state index contributed by atoms with van der Waals surface area (Å²) in [4.78, 5) is 17.4. The molecule has 2 heterocycles. The molecule has 0 spiro atoms. The highest BCUT2D eigenvalue weighted by Crippen LogP contribution is 2.37. The summed E-state index contributed by atoms with van der Waals surface area (Å²) < 4.78 is 23.8. The number of carbonyl (C=O) groups excluding carboxylic acids is 1. The van der Waals surface area contributed by atoms with E-state index >= 15 is 0 Å². The molecule has 10 heteroatoms. The van der Waals surface area contributed by atoms with E-state index in [1.54, 1.807) is 12.4 Å². The van der Waals surface area contributed by atoms with Gasteiger partial charge >= 0.3 is 6.03 Å². The van der Waals surface area contributed by atoms with Crippen molar-refractivity contribution in [1.29, 1.82) is 10.0 Å². The number of aromatic nitrogens is 1. The third kappa shape index (κ3) is 5.27. The van der Waals surface area contributed by atoms with E-state index in [0.717, 1.165) is 61.0 Å². The van der Waals surface area contributed by atoms with Crippen molar-refractivity contribution < 1.29 is 14.1 Å². The number of nitriles is 1. The van der Waals surface area contributed by atoms with Crippen LogP contribution in [0, 0.1) is 27.9 Å². The minimum atomic E-state index is -3.81. The Morgan fingerprint density at radius 2 is 1.79 bits per heavy atom. The number of aliphatic hydroxyl groups is 1. The van der Waals surface area contributed by atoms with Crippen LogP contribution in [0.5, 0.6) is 0 Å². The maximum absolute atomic E-state index is 13.2. The lowest BCUT2D eigenvalue weighted by Crippen LogP contribution is -2.34. The van der Waals surface area contributed by atoms with Gasteiger partial charge in [-0.15, -0.1) is 11.3 Å². The number of hydrogen-bond donors (Lipinski definition) is 4. The maximum atomic E-state index is 13.2.